The van der Waals surface area contributed by atoms with Crippen molar-refractivity contribution in [3.8, 4) is 11.3 Å². The molecule has 22 heavy (non-hydrogen) atoms. The van der Waals surface area contributed by atoms with Gasteiger partial charge in [0, 0.05) is 13.0 Å². The van der Waals surface area contributed by atoms with Crippen molar-refractivity contribution in [1.29, 1.82) is 0 Å². The van der Waals surface area contributed by atoms with Crippen LogP contribution in [0.2, 0.25) is 0 Å². The molecule has 0 aliphatic carbocycles. The van der Waals surface area contributed by atoms with Crippen LogP contribution in [-0.2, 0) is 7.05 Å². The van der Waals surface area contributed by atoms with Gasteiger partial charge in [0.15, 0.2) is 5.69 Å². The molecule has 0 N–H and O–H groups in total. The summed E-state index contributed by atoms with van der Waals surface area (Å²) < 4.78 is 15.8. The van der Waals surface area contributed by atoms with E-state index in [0.29, 0.717) is 0 Å². The van der Waals surface area contributed by atoms with Crippen LogP contribution in [0.25, 0.3) is 22.0 Å². The quantitative estimate of drug-likeness (QED) is 0.573. The number of hydrogen-bond donors (Lipinski definition) is 0. The number of hydrogen-bond acceptors (Lipinski definition) is 0. The summed E-state index contributed by atoms with van der Waals surface area (Å²) in [6.07, 6.45) is 0. The van der Waals surface area contributed by atoms with E-state index in [9.17, 15) is 4.39 Å². The third kappa shape index (κ3) is 2.29. The van der Waals surface area contributed by atoms with E-state index in [1.54, 1.807) is 12.1 Å². The molecule has 0 fully saturated rings. The van der Waals surface area contributed by atoms with Gasteiger partial charge >= 0.3 is 0 Å². The van der Waals surface area contributed by atoms with Crippen molar-refractivity contribution in [2.45, 2.75) is 27.7 Å². The number of nitrogens with zero attached hydrogens (tertiary/aromatic N) is 1. The fourth-order valence-electron chi connectivity index (χ4n) is 3.16. The fraction of sp³-hybridized carbons (Fsp3) is 0.250. The lowest BCUT2D eigenvalue weighted by Gasteiger charge is -2.12. The fourth-order valence-corrected chi connectivity index (χ4v) is 3.16. The molecule has 0 bridgehead atoms. The molecule has 2 heteroatoms. The monoisotopic (exact) mass is 294 g/mol. The Kier molecular flexibility index (Phi) is 3.48. The summed E-state index contributed by atoms with van der Waals surface area (Å²) in [4.78, 5) is 0. The van der Waals surface area contributed by atoms with Gasteiger partial charge in [0.05, 0.1) is 10.9 Å². The molecule has 2 aromatic carbocycles. The lowest BCUT2D eigenvalue weighted by Crippen LogP contribution is -2.35. The van der Waals surface area contributed by atoms with Crippen molar-refractivity contribution < 1.29 is 8.96 Å². The predicted molar refractivity (Wildman–Crippen MR) is 89.5 cm³/mol. The lowest BCUT2D eigenvalue weighted by atomic mass is 9.94. The minimum atomic E-state index is -0.191. The summed E-state index contributed by atoms with van der Waals surface area (Å²) in [5.74, 6) is -0.191. The van der Waals surface area contributed by atoms with E-state index in [4.69, 9.17) is 0 Å². The number of aromatic nitrogens is 1. The summed E-state index contributed by atoms with van der Waals surface area (Å²) in [5.41, 5.74) is 7.30. The Labute approximate surface area is 131 Å². The maximum Gasteiger partial charge on any atom is 0.220 e. The number of aryl methyl sites for hydroxylation is 3. The second-order valence-corrected chi connectivity index (χ2v) is 6.18. The molecule has 1 heterocycles. The zero-order valence-electron chi connectivity index (χ0n) is 13.8. The highest BCUT2D eigenvalue weighted by Gasteiger charge is 2.20. The Bertz CT molecular complexity index is 894. The summed E-state index contributed by atoms with van der Waals surface area (Å²) in [6, 6.07) is 11.5. The standard InChI is InChI=1S/C20H21FN/c1-12-8-13(2)15(4)19(9-12)20-18-7-6-17(21)11-16(18)10-14(3)22(20)5/h6-11H,1-5H3/q+1. The molecule has 1 aromatic heterocycles. The van der Waals surface area contributed by atoms with Gasteiger partial charge in [-0.15, -0.1) is 0 Å². The summed E-state index contributed by atoms with van der Waals surface area (Å²) in [6.45, 7) is 8.48. The van der Waals surface area contributed by atoms with Crippen LogP contribution in [0.5, 0.6) is 0 Å². The Hall–Kier alpha value is -2.22. The summed E-state index contributed by atoms with van der Waals surface area (Å²) in [7, 11) is 2.07. The van der Waals surface area contributed by atoms with Gasteiger partial charge in [-0.1, -0.05) is 11.6 Å². The van der Waals surface area contributed by atoms with Crippen LogP contribution in [-0.4, -0.2) is 0 Å². The van der Waals surface area contributed by atoms with E-state index in [0.717, 1.165) is 22.2 Å². The highest BCUT2D eigenvalue weighted by molar-refractivity contribution is 5.94. The number of halogens is 1. The molecule has 0 amide bonds. The molecule has 0 unspecified atom stereocenters. The van der Waals surface area contributed by atoms with Gasteiger partial charge in [0.1, 0.15) is 12.9 Å². The van der Waals surface area contributed by atoms with Crippen LogP contribution >= 0.6 is 0 Å². The van der Waals surface area contributed by atoms with Crippen molar-refractivity contribution in [3.05, 3.63) is 64.6 Å². The predicted octanol–water partition coefficient (Wildman–Crippen LogP) is 4.70. The maximum atomic E-state index is 13.6. The van der Waals surface area contributed by atoms with Crippen LogP contribution in [0.15, 0.2) is 36.4 Å². The third-order valence-corrected chi connectivity index (χ3v) is 4.56. The molecule has 0 atom stereocenters. The van der Waals surface area contributed by atoms with E-state index in [-0.39, 0.29) is 5.82 Å². The Morgan fingerprint density at radius 2 is 1.64 bits per heavy atom. The Balaban J connectivity index is 2.47. The van der Waals surface area contributed by atoms with Crippen molar-refractivity contribution >= 4 is 10.8 Å². The van der Waals surface area contributed by atoms with E-state index in [1.807, 2.05) is 12.1 Å². The average Bonchev–Trinajstić information content (AvgIpc) is 2.45. The minimum absolute atomic E-state index is 0.191. The topological polar surface area (TPSA) is 3.88 Å². The molecule has 0 aliphatic rings. The van der Waals surface area contributed by atoms with E-state index in [2.05, 4.69) is 51.4 Å². The van der Waals surface area contributed by atoms with Gasteiger partial charge in [-0.05, 0) is 61.5 Å². The third-order valence-electron chi connectivity index (χ3n) is 4.56. The highest BCUT2D eigenvalue weighted by Crippen LogP contribution is 2.31. The zero-order valence-corrected chi connectivity index (χ0v) is 13.8. The van der Waals surface area contributed by atoms with Crippen LogP contribution in [0, 0.1) is 33.5 Å². The van der Waals surface area contributed by atoms with E-state index >= 15 is 0 Å². The second-order valence-electron chi connectivity index (χ2n) is 6.18. The molecular weight excluding hydrogens is 273 g/mol. The zero-order chi connectivity index (χ0) is 16.0. The van der Waals surface area contributed by atoms with Crippen LogP contribution in [0.3, 0.4) is 0 Å². The van der Waals surface area contributed by atoms with Crippen molar-refractivity contribution in [3.63, 3.8) is 0 Å². The second kappa shape index (κ2) is 5.20. The Morgan fingerprint density at radius 1 is 0.909 bits per heavy atom. The minimum Gasteiger partial charge on any atom is -0.207 e. The van der Waals surface area contributed by atoms with Gasteiger partial charge < -0.3 is 0 Å². The first-order valence-corrected chi connectivity index (χ1v) is 7.55. The molecule has 0 aliphatic heterocycles. The molecule has 0 saturated heterocycles. The lowest BCUT2D eigenvalue weighted by molar-refractivity contribution is -0.665. The molecule has 0 radical (unpaired) electrons. The van der Waals surface area contributed by atoms with E-state index in [1.165, 1.54) is 22.3 Å². The summed E-state index contributed by atoms with van der Waals surface area (Å²) in [5, 5.41) is 2.03. The van der Waals surface area contributed by atoms with Crippen LogP contribution in [0.4, 0.5) is 4.39 Å². The first kappa shape index (κ1) is 14.7. The van der Waals surface area contributed by atoms with Crippen LogP contribution in [0.1, 0.15) is 22.4 Å². The van der Waals surface area contributed by atoms with Crippen molar-refractivity contribution in [1.82, 2.24) is 0 Å². The van der Waals surface area contributed by atoms with Crippen molar-refractivity contribution in [2.24, 2.45) is 7.05 Å². The maximum absolute atomic E-state index is 13.6. The van der Waals surface area contributed by atoms with Gasteiger partial charge in [-0.25, -0.2) is 4.39 Å². The van der Waals surface area contributed by atoms with Crippen molar-refractivity contribution in [2.75, 3.05) is 0 Å². The number of rotatable bonds is 1. The molecule has 0 spiro atoms. The molecule has 3 rings (SSSR count). The highest BCUT2D eigenvalue weighted by atomic mass is 19.1. The van der Waals surface area contributed by atoms with E-state index < -0.39 is 0 Å². The SMILES string of the molecule is Cc1cc(C)c(C)c(-c2c3ccc(F)cc3cc(C)[n+]2C)c1. The molecular formula is C20H21FN+. The number of benzene rings is 2. The number of fused-ring (bicyclic) bond motifs is 1. The van der Waals surface area contributed by atoms with Gasteiger partial charge in [-0.2, -0.15) is 4.57 Å². The summed E-state index contributed by atoms with van der Waals surface area (Å²) >= 11 is 0. The first-order chi connectivity index (χ1) is 10.4. The van der Waals surface area contributed by atoms with Gasteiger partial charge in [0.2, 0.25) is 5.69 Å². The average molecular weight is 294 g/mol. The Morgan fingerprint density at radius 3 is 2.36 bits per heavy atom. The first-order valence-electron chi connectivity index (χ1n) is 7.55. The molecule has 3 aromatic rings. The largest absolute Gasteiger partial charge is 0.220 e. The smallest absolute Gasteiger partial charge is 0.207 e. The van der Waals surface area contributed by atoms with Crippen LogP contribution < -0.4 is 4.57 Å². The van der Waals surface area contributed by atoms with Gasteiger partial charge in [-0.3, -0.25) is 0 Å². The molecule has 112 valence electrons. The normalized spacial score (nSPS) is 11.2. The molecule has 1 nitrogen and oxygen atoms in total. The van der Waals surface area contributed by atoms with Gasteiger partial charge in [0.25, 0.3) is 0 Å². The number of pyridine rings is 1. The molecule has 0 saturated carbocycles.